The maximum atomic E-state index is 13.1. The van der Waals surface area contributed by atoms with Crippen molar-refractivity contribution in [2.24, 2.45) is 0 Å². The summed E-state index contributed by atoms with van der Waals surface area (Å²) in [5.41, 5.74) is 0.659. The Morgan fingerprint density at radius 1 is 1.03 bits per heavy atom. The van der Waals surface area contributed by atoms with Gasteiger partial charge in [0.25, 0.3) is 5.69 Å². The lowest BCUT2D eigenvalue weighted by Gasteiger charge is -2.09. The molecule has 0 unspecified atom stereocenters. The van der Waals surface area contributed by atoms with Gasteiger partial charge in [-0.05, 0) is 48.0 Å². The zero-order valence-corrected chi connectivity index (χ0v) is 17.1. The van der Waals surface area contributed by atoms with E-state index in [4.69, 9.17) is 20.8 Å². The van der Waals surface area contributed by atoms with Crippen LogP contribution in [0.3, 0.4) is 0 Å². The van der Waals surface area contributed by atoms with E-state index in [1.165, 1.54) is 24.3 Å². The van der Waals surface area contributed by atoms with Crippen molar-refractivity contribution in [3.05, 3.63) is 110 Å². The first-order valence-electron chi connectivity index (χ1n) is 9.38. The number of nitro groups is 1. The Balaban J connectivity index is 1.72. The van der Waals surface area contributed by atoms with Crippen LogP contribution in [-0.2, 0) is 4.79 Å². The van der Waals surface area contributed by atoms with E-state index in [1.807, 2.05) is 0 Å². The monoisotopic (exact) mass is 447 g/mol. The highest BCUT2D eigenvalue weighted by Gasteiger charge is 2.19. The number of ether oxygens (including phenoxy) is 1. The highest BCUT2D eigenvalue weighted by molar-refractivity contribution is 6.30. The normalized spacial score (nSPS) is 11.0. The van der Waals surface area contributed by atoms with Crippen molar-refractivity contribution in [1.82, 2.24) is 0 Å². The van der Waals surface area contributed by atoms with Crippen molar-refractivity contribution in [3.8, 4) is 17.1 Å². The number of esters is 1. The van der Waals surface area contributed by atoms with Crippen LogP contribution in [0.2, 0.25) is 5.02 Å². The molecule has 4 rings (SSSR count). The maximum absolute atomic E-state index is 13.1. The van der Waals surface area contributed by atoms with E-state index >= 15 is 0 Å². The van der Waals surface area contributed by atoms with Crippen LogP contribution in [0.4, 0.5) is 5.69 Å². The molecular weight excluding hydrogens is 434 g/mol. The molecule has 0 aliphatic rings. The maximum Gasteiger partial charge on any atom is 0.336 e. The molecule has 3 aromatic carbocycles. The Labute approximate surface area is 186 Å². The van der Waals surface area contributed by atoms with Crippen molar-refractivity contribution in [2.45, 2.75) is 0 Å². The van der Waals surface area contributed by atoms with E-state index < -0.39 is 16.3 Å². The molecule has 1 heterocycles. The van der Waals surface area contributed by atoms with Crippen LogP contribution in [0.15, 0.2) is 88.1 Å². The zero-order valence-electron chi connectivity index (χ0n) is 16.4. The summed E-state index contributed by atoms with van der Waals surface area (Å²) in [4.78, 5) is 35.9. The van der Waals surface area contributed by atoms with Gasteiger partial charge in [0.1, 0.15) is 5.58 Å². The Morgan fingerprint density at radius 2 is 1.78 bits per heavy atom. The molecule has 0 saturated carbocycles. The lowest BCUT2D eigenvalue weighted by atomic mass is 10.1. The molecule has 1 aromatic heterocycles. The van der Waals surface area contributed by atoms with Crippen LogP contribution in [0.1, 0.15) is 5.56 Å². The summed E-state index contributed by atoms with van der Waals surface area (Å²) in [6, 6.07) is 18.9. The summed E-state index contributed by atoms with van der Waals surface area (Å²) < 4.78 is 11.3. The van der Waals surface area contributed by atoms with Gasteiger partial charge in [0.05, 0.1) is 10.3 Å². The lowest BCUT2D eigenvalue weighted by molar-refractivity contribution is -0.384. The number of fused-ring (bicyclic) bond motifs is 1. The average molecular weight is 448 g/mol. The van der Waals surface area contributed by atoms with Crippen LogP contribution >= 0.6 is 11.6 Å². The fourth-order valence-electron chi connectivity index (χ4n) is 3.05. The minimum absolute atomic E-state index is 0.0856. The van der Waals surface area contributed by atoms with Gasteiger partial charge in [-0.25, -0.2) is 4.79 Å². The predicted molar refractivity (Wildman–Crippen MR) is 121 cm³/mol. The number of hydrogen-bond acceptors (Lipinski definition) is 6. The minimum Gasteiger partial charge on any atom is -0.452 e. The molecule has 8 heteroatoms. The number of rotatable bonds is 5. The first-order chi connectivity index (χ1) is 15.4. The topological polar surface area (TPSA) is 99.7 Å². The Hall–Kier alpha value is -4.23. The largest absolute Gasteiger partial charge is 0.452 e. The van der Waals surface area contributed by atoms with Crippen molar-refractivity contribution in [1.29, 1.82) is 0 Å². The molecule has 158 valence electrons. The third-order valence-electron chi connectivity index (χ3n) is 4.56. The van der Waals surface area contributed by atoms with E-state index in [9.17, 15) is 19.7 Å². The van der Waals surface area contributed by atoms with Gasteiger partial charge in [-0.3, -0.25) is 14.9 Å². The quantitative estimate of drug-likeness (QED) is 0.170. The Bertz CT molecular complexity index is 1420. The molecule has 0 aliphatic carbocycles. The molecule has 0 saturated heterocycles. The smallest absolute Gasteiger partial charge is 0.336 e. The van der Waals surface area contributed by atoms with Gasteiger partial charge in [0, 0.05) is 28.8 Å². The SMILES string of the molecule is O=C(C=Cc1cccc([N+](=O)[O-])c1)Oc1c(-c2ccc(Cl)cc2)oc2ccccc2c1=O. The summed E-state index contributed by atoms with van der Waals surface area (Å²) in [5, 5.41) is 11.7. The van der Waals surface area contributed by atoms with Crippen LogP contribution in [-0.4, -0.2) is 10.9 Å². The van der Waals surface area contributed by atoms with E-state index in [0.29, 0.717) is 21.7 Å². The molecule has 4 aromatic rings. The number of para-hydroxylation sites is 1. The fraction of sp³-hybridized carbons (Fsp3) is 0. The molecule has 0 fully saturated rings. The van der Waals surface area contributed by atoms with Crippen LogP contribution in [0.25, 0.3) is 28.4 Å². The predicted octanol–water partition coefficient (Wildman–Crippen LogP) is 5.64. The van der Waals surface area contributed by atoms with Gasteiger partial charge in [0.2, 0.25) is 11.2 Å². The first-order valence-corrected chi connectivity index (χ1v) is 9.76. The van der Waals surface area contributed by atoms with Crippen molar-refractivity contribution < 1.29 is 18.9 Å². The molecule has 0 amide bonds. The van der Waals surface area contributed by atoms with Gasteiger partial charge in [-0.15, -0.1) is 0 Å². The van der Waals surface area contributed by atoms with Crippen molar-refractivity contribution >= 4 is 40.3 Å². The summed E-state index contributed by atoms with van der Waals surface area (Å²) in [5.74, 6) is -1.02. The molecule has 0 spiro atoms. The molecule has 32 heavy (non-hydrogen) atoms. The number of non-ortho nitro benzene ring substituents is 1. The third-order valence-corrected chi connectivity index (χ3v) is 4.81. The molecule has 0 atom stereocenters. The molecule has 7 nitrogen and oxygen atoms in total. The third kappa shape index (κ3) is 4.43. The standard InChI is InChI=1S/C24H14ClNO6/c25-17-11-9-16(10-12-17)23-24(22(28)19-6-1-2-7-20(19)31-23)32-21(27)13-8-15-4-3-5-18(14-15)26(29)30/h1-14H. The minimum atomic E-state index is -0.839. The highest BCUT2D eigenvalue weighted by Crippen LogP contribution is 2.31. The number of carbonyl (C=O) groups excluding carboxylic acids is 1. The molecular formula is C24H14ClNO6. The Kier molecular flexibility index (Phi) is 5.83. The summed E-state index contributed by atoms with van der Waals surface area (Å²) in [6.45, 7) is 0. The van der Waals surface area contributed by atoms with Gasteiger partial charge >= 0.3 is 5.97 Å². The molecule has 0 N–H and O–H groups in total. The van der Waals surface area contributed by atoms with Gasteiger partial charge in [0.15, 0.2) is 5.76 Å². The second kappa shape index (κ2) is 8.87. The first kappa shape index (κ1) is 21.0. The molecule has 0 radical (unpaired) electrons. The Morgan fingerprint density at radius 3 is 2.53 bits per heavy atom. The van der Waals surface area contributed by atoms with Gasteiger partial charge < -0.3 is 9.15 Å². The fourth-order valence-corrected chi connectivity index (χ4v) is 3.18. The average Bonchev–Trinajstić information content (AvgIpc) is 2.80. The van der Waals surface area contributed by atoms with Gasteiger partial charge in [-0.1, -0.05) is 35.9 Å². The number of halogens is 1. The van der Waals surface area contributed by atoms with E-state index in [-0.39, 0.29) is 22.6 Å². The number of benzene rings is 3. The van der Waals surface area contributed by atoms with Crippen molar-refractivity contribution in [2.75, 3.05) is 0 Å². The number of carbonyl (C=O) groups is 1. The second-order valence-corrected chi connectivity index (χ2v) is 7.14. The number of hydrogen-bond donors (Lipinski definition) is 0. The van der Waals surface area contributed by atoms with Crippen LogP contribution < -0.4 is 10.2 Å². The number of nitro benzene ring substituents is 1. The lowest BCUT2D eigenvalue weighted by Crippen LogP contribution is -2.14. The second-order valence-electron chi connectivity index (χ2n) is 6.70. The van der Waals surface area contributed by atoms with E-state index in [2.05, 4.69) is 0 Å². The zero-order chi connectivity index (χ0) is 22.7. The highest BCUT2D eigenvalue weighted by atomic mass is 35.5. The summed E-state index contributed by atoms with van der Waals surface area (Å²) >= 11 is 5.95. The van der Waals surface area contributed by atoms with E-state index in [1.54, 1.807) is 54.6 Å². The van der Waals surface area contributed by atoms with Crippen LogP contribution in [0, 0.1) is 10.1 Å². The number of nitrogens with zero attached hydrogens (tertiary/aromatic N) is 1. The van der Waals surface area contributed by atoms with Crippen LogP contribution in [0.5, 0.6) is 5.75 Å². The summed E-state index contributed by atoms with van der Waals surface area (Å²) in [6.07, 6.45) is 2.44. The molecule has 0 bridgehead atoms. The van der Waals surface area contributed by atoms with Gasteiger partial charge in [-0.2, -0.15) is 0 Å². The van der Waals surface area contributed by atoms with E-state index in [0.717, 1.165) is 6.08 Å². The summed E-state index contributed by atoms with van der Waals surface area (Å²) in [7, 11) is 0. The van der Waals surface area contributed by atoms with Crippen molar-refractivity contribution in [3.63, 3.8) is 0 Å². The molecule has 0 aliphatic heterocycles.